The smallest absolute Gasteiger partial charge is 0.227 e. The third kappa shape index (κ3) is 3.54. The van der Waals surface area contributed by atoms with Gasteiger partial charge in [0.2, 0.25) is 5.95 Å². The number of thioether (sulfide) groups is 1. The van der Waals surface area contributed by atoms with E-state index in [1.807, 2.05) is 23.7 Å². The summed E-state index contributed by atoms with van der Waals surface area (Å²) < 4.78 is 12.7. The largest absolute Gasteiger partial charge is 0.496 e. The molecule has 8 heteroatoms. The Bertz CT molecular complexity index is 713. The molecule has 0 amide bonds. The molecule has 1 aromatic heterocycles. The van der Waals surface area contributed by atoms with Crippen molar-refractivity contribution in [3.8, 4) is 5.75 Å². The zero-order valence-electron chi connectivity index (χ0n) is 13.8. The highest BCUT2D eigenvalue weighted by molar-refractivity contribution is 7.98. The summed E-state index contributed by atoms with van der Waals surface area (Å²) in [6.07, 6.45) is 0.840. The van der Waals surface area contributed by atoms with Crippen LogP contribution >= 0.6 is 11.8 Å². The van der Waals surface area contributed by atoms with Crippen LogP contribution in [0.5, 0.6) is 5.75 Å². The molecule has 2 heterocycles. The second kappa shape index (κ2) is 7.67. The molecule has 0 radical (unpaired) electrons. The van der Waals surface area contributed by atoms with Gasteiger partial charge in [-0.2, -0.15) is 0 Å². The maximum atomic E-state index is 11.0. The van der Waals surface area contributed by atoms with Crippen molar-refractivity contribution in [3.63, 3.8) is 0 Å². The Labute approximate surface area is 145 Å². The number of benzene rings is 1. The molecule has 1 aliphatic heterocycles. The molecule has 0 atom stereocenters. The van der Waals surface area contributed by atoms with Gasteiger partial charge in [0.05, 0.1) is 20.3 Å². The molecule has 24 heavy (non-hydrogen) atoms. The molecule has 3 rings (SSSR count). The summed E-state index contributed by atoms with van der Waals surface area (Å²) in [7, 11) is 3.59. The lowest BCUT2D eigenvalue weighted by atomic mass is 10.1. The fraction of sp³-hybridized carbons (Fsp3) is 0.438. The third-order valence-electron chi connectivity index (χ3n) is 3.90. The molecule has 128 valence electrons. The number of carbonyl (C=O) groups is 1. The van der Waals surface area contributed by atoms with Gasteiger partial charge in [0, 0.05) is 37.0 Å². The Morgan fingerprint density at radius 1 is 1.33 bits per heavy atom. The lowest BCUT2D eigenvalue weighted by molar-refractivity contribution is 0.112. The van der Waals surface area contributed by atoms with Crippen molar-refractivity contribution in [1.29, 1.82) is 0 Å². The summed E-state index contributed by atoms with van der Waals surface area (Å²) in [4.78, 5) is 13.2. The van der Waals surface area contributed by atoms with Crippen LogP contribution in [0.4, 0.5) is 5.95 Å². The first kappa shape index (κ1) is 16.8. The summed E-state index contributed by atoms with van der Waals surface area (Å²) in [6, 6.07) is 5.41. The molecule has 0 N–H and O–H groups in total. The number of anilines is 1. The van der Waals surface area contributed by atoms with E-state index in [9.17, 15) is 4.79 Å². The van der Waals surface area contributed by atoms with E-state index in [4.69, 9.17) is 9.47 Å². The molecule has 2 aromatic rings. The van der Waals surface area contributed by atoms with Crippen LogP contribution in [0, 0.1) is 0 Å². The number of nitrogens with zero attached hydrogens (tertiary/aromatic N) is 4. The van der Waals surface area contributed by atoms with Crippen LogP contribution < -0.4 is 9.64 Å². The molecular formula is C16H20N4O3S. The molecule has 0 aliphatic carbocycles. The highest BCUT2D eigenvalue weighted by Gasteiger charge is 2.18. The zero-order valence-corrected chi connectivity index (χ0v) is 14.6. The van der Waals surface area contributed by atoms with Crippen LogP contribution in [0.1, 0.15) is 15.9 Å². The Morgan fingerprint density at radius 3 is 2.83 bits per heavy atom. The minimum absolute atomic E-state index is 0.637. The van der Waals surface area contributed by atoms with Crippen molar-refractivity contribution < 1.29 is 14.3 Å². The molecule has 1 fully saturated rings. The normalized spacial score (nSPS) is 14.7. The predicted octanol–water partition coefficient (Wildman–Crippen LogP) is 1.77. The van der Waals surface area contributed by atoms with Crippen molar-refractivity contribution in [1.82, 2.24) is 14.8 Å². The predicted molar refractivity (Wildman–Crippen MR) is 92.0 cm³/mol. The van der Waals surface area contributed by atoms with Crippen LogP contribution in [0.3, 0.4) is 0 Å². The lowest BCUT2D eigenvalue weighted by Gasteiger charge is -2.27. The first-order valence-electron chi connectivity index (χ1n) is 7.70. The van der Waals surface area contributed by atoms with Gasteiger partial charge in [0.25, 0.3) is 0 Å². The number of morpholine rings is 1. The summed E-state index contributed by atoms with van der Waals surface area (Å²) in [5.41, 5.74) is 1.60. The van der Waals surface area contributed by atoms with Crippen molar-refractivity contribution in [2.45, 2.75) is 10.9 Å². The number of ether oxygens (including phenoxy) is 2. The van der Waals surface area contributed by atoms with Gasteiger partial charge in [-0.3, -0.25) is 9.36 Å². The van der Waals surface area contributed by atoms with Gasteiger partial charge in [-0.05, 0) is 18.2 Å². The van der Waals surface area contributed by atoms with E-state index in [0.29, 0.717) is 24.5 Å². The van der Waals surface area contributed by atoms with Gasteiger partial charge in [0.15, 0.2) is 5.16 Å². The van der Waals surface area contributed by atoms with Crippen LogP contribution in [0.25, 0.3) is 0 Å². The fourth-order valence-corrected chi connectivity index (χ4v) is 3.48. The first-order chi connectivity index (χ1) is 11.7. The Hall–Kier alpha value is -2.06. The van der Waals surface area contributed by atoms with E-state index < -0.39 is 0 Å². The first-order valence-corrected chi connectivity index (χ1v) is 8.68. The number of rotatable bonds is 6. The zero-order chi connectivity index (χ0) is 16.9. The molecule has 1 aromatic carbocycles. The number of carbonyl (C=O) groups excluding carboxylic acids is 1. The maximum absolute atomic E-state index is 11.0. The van der Waals surface area contributed by atoms with E-state index in [1.54, 1.807) is 24.9 Å². The van der Waals surface area contributed by atoms with Crippen LogP contribution in [-0.2, 0) is 17.5 Å². The number of aromatic nitrogens is 3. The topological polar surface area (TPSA) is 69.5 Å². The van der Waals surface area contributed by atoms with E-state index >= 15 is 0 Å². The van der Waals surface area contributed by atoms with Crippen LogP contribution in [0.15, 0.2) is 23.4 Å². The van der Waals surface area contributed by atoms with Crippen LogP contribution in [0.2, 0.25) is 0 Å². The highest BCUT2D eigenvalue weighted by Crippen LogP contribution is 2.29. The van der Waals surface area contributed by atoms with Gasteiger partial charge in [-0.25, -0.2) is 0 Å². The van der Waals surface area contributed by atoms with E-state index in [1.165, 1.54) is 0 Å². The molecule has 1 aliphatic rings. The van der Waals surface area contributed by atoms with Crippen molar-refractivity contribution in [2.24, 2.45) is 7.05 Å². The summed E-state index contributed by atoms with van der Waals surface area (Å²) >= 11 is 1.57. The average Bonchev–Trinajstić information content (AvgIpc) is 3.01. The number of hydrogen-bond acceptors (Lipinski definition) is 7. The minimum Gasteiger partial charge on any atom is -0.496 e. The standard InChI is InChI=1S/C16H20N4O3S/c1-19-15(20-5-7-23-8-6-20)17-18-16(19)24-11-13-9-12(10-21)3-4-14(13)22-2/h3-4,9-10H,5-8,11H2,1-2H3. The summed E-state index contributed by atoms with van der Waals surface area (Å²) in [6.45, 7) is 3.08. The Kier molecular flexibility index (Phi) is 5.37. The van der Waals surface area contributed by atoms with Gasteiger partial charge >= 0.3 is 0 Å². The number of aldehydes is 1. The van der Waals surface area contributed by atoms with Crippen molar-refractivity contribution >= 4 is 24.0 Å². The third-order valence-corrected chi connectivity index (χ3v) is 4.97. The molecule has 0 saturated carbocycles. The van der Waals surface area contributed by atoms with Gasteiger partial charge in [-0.15, -0.1) is 10.2 Å². The second-order valence-corrected chi connectivity index (χ2v) is 6.36. The van der Waals surface area contributed by atoms with Crippen molar-refractivity contribution in [3.05, 3.63) is 29.3 Å². The van der Waals surface area contributed by atoms with Gasteiger partial charge < -0.3 is 14.4 Å². The molecule has 1 saturated heterocycles. The molecule has 0 spiro atoms. The number of hydrogen-bond donors (Lipinski definition) is 0. The van der Waals surface area contributed by atoms with Crippen molar-refractivity contribution in [2.75, 3.05) is 38.3 Å². The monoisotopic (exact) mass is 348 g/mol. The van der Waals surface area contributed by atoms with Crippen LogP contribution in [-0.4, -0.2) is 54.5 Å². The average molecular weight is 348 g/mol. The summed E-state index contributed by atoms with van der Waals surface area (Å²) in [5, 5.41) is 9.42. The molecule has 0 unspecified atom stereocenters. The number of methoxy groups -OCH3 is 1. The maximum Gasteiger partial charge on any atom is 0.227 e. The molecular weight excluding hydrogens is 328 g/mol. The van der Waals surface area contributed by atoms with E-state index in [0.717, 1.165) is 41.8 Å². The van der Waals surface area contributed by atoms with E-state index in [2.05, 4.69) is 15.1 Å². The molecule has 7 nitrogen and oxygen atoms in total. The Morgan fingerprint density at radius 2 is 2.12 bits per heavy atom. The quantitative estimate of drug-likeness (QED) is 0.582. The van der Waals surface area contributed by atoms with E-state index in [-0.39, 0.29) is 0 Å². The SMILES string of the molecule is COc1ccc(C=O)cc1CSc1nnc(N2CCOCC2)n1C. The van der Waals surface area contributed by atoms with Gasteiger partial charge in [0.1, 0.15) is 12.0 Å². The van der Waals surface area contributed by atoms with Gasteiger partial charge in [-0.1, -0.05) is 11.8 Å². The second-order valence-electron chi connectivity index (χ2n) is 5.42. The minimum atomic E-state index is 0.637. The highest BCUT2D eigenvalue weighted by atomic mass is 32.2. The fourth-order valence-electron chi connectivity index (χ4n) is 2.60. The summed E-state index contributed by atoms with van der Waals surface area (Å²) in [5.74, 6) is 2.28. The Balaban J connectivity index is 1.73. The molecule has 0 bridgehead atoms. The lowest BCUT2D eigenvalue weighted by Crippen LogP contribution is -2.37.